The van der Waals surface area contributed by atoms with Crippen LogP contribution in [-0.2, 0) is 16.0 Å². The fourth-order valence-electron chi connectivity index (χ4n) is 4.28. The van der Waals surface area contributed by atoms with Crippen LogP contribution in [0.3, 0.4) is 0 Å². The molecule has 2 heterocycles. The van der Waals surface area contributed by atoms with Crippen molar-refractivity contribution >= 4 is 23.4 Å². The van der Waals surface area contributed by atoms with Crippen molar-refractivity contribution in [2.75, 3.05) is 25.1 Å². The van der Waals surface area contributed by atoms with Crippen LogP contribution in [-0.4, -0.2) is 48.5 Å². The van der Waals surface area contributed by atoms with Gasteiger partial charge in [0.15, 0.2) is 0 Å². The van der Waals surface area contributed by atoms with Crippen molar-refractivity contribution in [1.82, 2.24) is 10.2 Å². The maximum absolute atomic E-state index is 13.2. The van der Waals surface area contributed by atoms with Gasteiger partial charge in [0.1, 0.15) is 18.0 Å². The van der Waals surface area contributed by atoms with Crippen LogP contribution in [0.4, 0.5) is 5.69 Å². The number of fused-ring (bicyclic) bond motifs is 3. The van der Waals surface area contributed by atoms with Crippen molar-refractivity contribution in [3.63, 3.8) is 0 Å². The van der Waals surface area contributed by atoms with Gasteiger partial charge in [-0.3, -0.25) is 19.3 Å². The molecule has 2 aliphatic rings. The maximum Gasteiger partial charge on any atom is 0.258 e. The first-order chi connectivity index (χ1) is 14.4. The molecule has 30 heavy (non-hydrogen) atoms. The molecule has 0 radical (unpaired) electrons. The highest BCUT2D eigenvalue weighted by atomic mass is 16.5. The van der Waals surface area contributed by atoms with E-state index in [0.29, 0.717) is 37.1 Å². The Morgan fingerprint density at radius 1 is 1.13 bits per heavy atom. The zero-order valence-corrected chi connectivity index (χ0v) is 17.2. The predicted octanol–water partition coefficient (Wildman–Crippen LogP) is 2.35. The number of rotatable bonds is 6. The highest BCUT2D eigenvalue weighted by Gasteiger charge is 2.53. The van der Waals surface area contributed by atoms with Crippen LogP contribution < -0.4 is 15.0 Å². The molecule has 0 saturated carbocycles. The molecule has 1 atom stereocenters. The van der Waals surface area contributed by atoms with Crippen LogP contribution in [0.15, 0.2) is 48.5 Å². The van der Waals surface area contributed by atoms with Crippen LogP contribution in [0, 0.1) is 0 Å². The van der Waals surface area contributed by atoms with Crippen LogP contribution >= 0.6 is 0 Å². The Morgan fingerprint density at radius 2 is 1.87 bits per heavy atom. The normalized spacial score (nSPS) is 20.1. The summed E-state index contributed by atoms with van der Waals surface area (Å²) in [6.45, 7) is 2.23. The number of carbonyl (C=O) groups excluding carboxylic acids is 3. The van der Waals surface area contributed by atoms with Crippen molar-refractivity contribution in [1.29, 1.82) is 0 Å². The number of amides is 3. The highest BCUT2D eigenvalue weighted by Crippen LogP contribution is 2.43. The minimum Gasteiger partial charge on any atom is -0.497 e. The predicted molar refractivity (Wildman–Crippen MR) is 112 cm³/mol. The van der Waals surface area contributed by atoms with E-state index in [1.807, 2.05) is 37.3 Å². The largest absolute Gasteiger partial charge is 0.497 e. The Labute approximate surface area is 175 Å². The van der Waals surface area contributed by atoms with Gasteiger partial charge in [0.05, 0.1) is 18.4 Å². The van der Waals surface area contributed by atoms with E-state index >= 15 is 0 Å². The minimum atomic E-state index is -0.824. The lowest BCUT2D eigenvalue weighted by molar-refractivity contribution is -0.123. The van der Waals surface area contributed by atoms with Gasteiger partial charge in [-0.25, -0.2) is 0 Å². The first kappa shape index (κ1) is 19.9. The van der Waals surface area contributed by atoms with Crippen molar-refractivity contribution < 1.29 is 19.1 Å². The van der Waals surface area contributed by atoms with Gasteiger partial charge in [-0.2, -0.15) is 0 Å². The van der Waals surface area contributed by atoms with E-state index in [1.54, 1.807) is 30.2 Å². The van der Waals surface area contributed by atoms with Crippen LogP contribution in [0.1, 0.15) is 35.7 Å². The number of ether oxygens (including phenoxy) is 1. The van der Waals surface area contributed by atoms with Gasteiger partial charge in [0.2, 0.25) is 11.8 Å². The van der Waals surface area contributed by atoms with E-state index in [4.69, 9.17) is 4.74 Å². The third-order valence-electron chi connectivity index (χ3n) is 5.94. The SMILES string of the molecule is COc1ccc(CCNC(=O)CN2C(=O)c3ccccc3N3C(=O)CCC23C)cc1. The number of hydrogen-bond donors (Lipinski definition) is 1. The molecule has 2 aromatic rings. The quantitative estimate of drug-likeness (QED) is 0.797. The molecule has 1 fully saturated rings. The van der Waals surface area contributed by atoms with Gasteiger partial charge in [-0.1, -0.05) is 24.3 Å². The molecule has 4 rings (SSSR count). The Kier molecular flexibility index (Phi) is 5.20. The fraction of sp³-hybridized carbons (Fsp3) is 0.348. The molecule has 1 N–H and O–H groups in total. The Bertz CT molecular complexity index is 988. The van der Waals surface area contributed by atoms with Gasteiger partial charge in [0.25, 0.3) is 5.91 Å². The standard InChI is InChI=1S/C23H25N3O4/c1-23-13-11-21(28)26(23)19-6-4-3-5-18(19)22(29)25(23)15-20(27)24-14-12-16-7-9-17(30-2)10-8-16/h3-10H,11-15H2,1-2H3,(H,24,27). The summed E-state index contributed by atoms with van der Waals surface area (Å²) in [6, 6.07) is 14.8. The molecule has 1 unspecified atom stereocenters. The van der Waals surface area contributed by atoms with Crippen LogP contribution in [0.25, 0.3) is 0 Å². The van der Waals surface area contributed by atoms with Crippen LogP contribution in [0.5, 0.6) is 5.75 Å². The number of anilines is 1. The van der Waals surface area contributed by atoms with Crippen molar-refractivity contribution in [3.8, 4) is 5.75 Å². The zero-order chi connectivity index (χ0) is 21.3. The van der Waals surface area contributed by atoms with Crippen molar-refractivity contribution in [2.45, 2.75) is 31.8 Å². The fourth-order valence-corrected chi connectivity index (χ4v) is 4.28. The van der Waals surface area contributed by atoms with Gasteiger partial charge >= 0.3 is 0 Å². The number of nitrogens with one attached hydrogen (secondary N) is 1. The summed E-state index contributed by atoms with van der Waals surface area (Å²) >= 11 is 0. The average molecular weight is 407 g/mol. The molecular weight excluding hydrogens is 382 g/mol. The van der Waals surface area contributed by atoms with Crippen molar-refractivity contribution in [3.05, 3.63) is 59.7 Å². The molecule has 3 amide bonds. The van der Waals surface area contributed by atoms with E-state index in [2.05, 4.69) is 5.32 Å². The van der Waals surface area contributed by atoms with E-state index in [-0.39, 0.29) is 24.3 Å². The zero-order valence-electron chi connectivity index (χ0n) is 17.2. The highest BCUT2D eigenvalue weighted by molar-refractivity contribution is 6.11. The third-order valence-corrected chi connectivity index (χ3v) is 5.94. The number of carbonyl (C=O) groups is 3. The summed E-state index contributed by atoms with van der Waals surface area (Å²) < 4.78 is 5.15. The van der Waals surface area contributed by atoms with Crippen LogP contribution in [0.2, 0.25) is 0 Å². The molecule has 7 heteroatoms. The van der Waals surface area contributed by atoms with Gasteiger partial charge in [-0.05, 0) is 49.6 Å². The summed E-state index contributed by atoms with van der Waals surface area (Å²) in [5, 5.41) is 2.89. The second kappa shape index (κ2) is 7.82. The second-order valence-electron chi connectivity index (χ2n) is 7.80. The summed E-state index contributed by atoms with van der Waals surface area (Å²) in [5.74, 6) is 0.305. The lowest BCUT2D eigenvalue weighted by atomic mass is 9.98. The van der Waals surface area contributed by atoms with E-state index in [1.165, 1.54) is 4.90 Å². The maximum atomic E-state index is 13.2. The summed E-state index contributed by atoms with van der Waals surface area (Å²) in [7, 11) is 1.62. The molecule has 2 aromatic carbocycles. The molecule has 2 aliphatic heterocycles. The van der Waals surface area contributed by atoms with E-state index in [0.717, 1.165) is 11.3 Å². The van der Waals surface area contributed by atoms with E-state index in [9.17, 15) is 14.4 Å². The van der Waals surface area contributed by atoms with E-state index < -0.39 is 5.66 Å². The topological polar surface area (TPSA) is 79.0 Å². The monoisotopic (exact) mass is 407 g/mol. The Balaban J connectivity index is 1.44. The summed E-state index contributed by atoms with van der Waals surface area (Å²) in [6.07, 6.45) is 1.53. The summed E-state index contributed by atoms with van der Waals surface area (Å²) in [4.78, 5) is 41.6. The molecule has 0 aliphatic carbocycles. The summed E-state index contributed by atoms with van der Waals surface area (Å²) in [5.41, 5.74) is 1.34. The Morgan fingerprint density at radius 3 is 2.60 bits per heavy atom. The average Bonchev–Trinajstić information content (AvgIpc) is 3.07. The molecule has 0 spiro atoms. The third kappa shape index (κ3) is 3.40. The Hall–Kier alpha value is -3.35. The lowest BCUT2D eigenvalue weighted by Crippen LogP contribution is -2.63. The molecule has 0 aromatic heterocycles. The minimum absolute atomic E-state index is 0.0256. The van der Waals surface area contributed by atoms with Gasteiger partial charge < -0.3 is 15.0 Å². The molecule has 1 saturated heterocycles. The first-order valence-corrected chi connectivity index (χ1v) is 10.1. The number of hydrogen-bond acceptors (Lipinski definition) is 4. The molecular formula is C23H25N3O4. The van der Waals surface area contributed by atoms with Gasteiger partial charge in [0, 0.05) is 13.0 Å². The second-order valence-corrected chi connectivity index (χ2v) is 7.80. The smallest absolute Gasteiger partial charge is 0.258 e. The van der Waals surface area contributed by atoms with Gasteiger partial charge in [-0.15, -0.1) is 0 Å². The molecule has 156 valence electrons. The molecule has 0 bridgehead atoms. The number of nitrogens with zero attached hydrogens (tertiary/aromatic N) is 2. The number of benzene rings is 2. The molecule has 7 nitrogen and oxygen atoms in total. The first-order valence-electron chi connectivity index (χ1n) is 10.1. The van der Waals surface area contributed by atoms with Crippen molar-refractivity contribution in [2.24, 2.45) is 0 Å². The number of para-hydroxylation sites is 1. The number of methoxy groups -OCH3 is 1. The lowest BCUT2D eigenvalue weighted by Gasteiger charge is -2.48.